The second kappa shape index (κ2) is 15.5. The first-order valence-electron chi connectivity index (χ1n) is 12.2. The minimum Gasteiger partial charge on any atom is -0.504 e. The molecule has 0 unspecified atom stereocenters. The van der Waals surface area contributed by atoms with Crippen LogP contribution in [0.4, 0.5) is 0 Å². The van der Waals surface area contributed by atoms with Crippen molar-refractivity contribution < 1.29 is 14.9 Å². The number of hydrogen-bond donors (Lipinski definition) is 2. The molecule has 3 nitrogen and oxygen atoms in total. The van der Waals surface area contributed by atoms with Crippen LogP contribution in [-0.4, -0.2) is 15.8 Å². The Bertz CT molecular complexity index is 509. The van der Waals surface area contributed by atoms with Crippen molar-refractivity contribution in [1.82, 2.24) is 0 Å². The minimum atomic E-state index is -0.294. The standard InChI is InChI=1S/C26H46O3/c1-4-6-8-10-12-14-16-21-26(3,22-17-15-13-11-9-7-5-2)29-24-20-18-19-23(27)25(24)28/h18-20,27-28H,4-17,21-22H2,1-3H3. The lowest BCUT2D eigenvalue weighted by molar-refractivity contribution is 0.0602. The van der Waals surface area contributed by atoms with Crippen LogP contribution in [0.15, 0.2) is 18.2 Å². The molecule has 0 radical (unpaired) electrons. The van der Waals surface area contributed by atoms with Crippen molar-refractivity contribution in [3.05, 3.63) is 18.2 Å². The molecule has 1 rings (SSSR count). The minimum absolute atomic E-state index is 0.114. The van der Waals surface area contributed by atoms with Crippen LogP contribution in [0.1, 0.15) is 124 Å². The van der Waals surface area contributed by atoms with E-state index in [-0.39, 0.29) is 17.1 Å². The molecular weight excluding hydrogens is 360 g/mol. The summed E-state index contributed by atoms with van der Waals surface area (Å²) in [5.74, 6) is 0.146. The average Bonchev–Trinajstić information content (AvgIpc) is 2.70. The zero-order valence-corrected chi connectivity index (χ0v) is 19.3. The van der Waals surface area contributed by atoms with E-state index in [1.54, 1.807) is 12.1 Å². The van der Waals surface area contributed by atoms with E-state index in [0.29, 0.717) is 5.75 Å². The SMILES string of the molecule is CCCCCCCCCC(C)(CCCCCCCCC)Oc1cccc(O)c1O. The molecule has 0 aliphatic heterocycles. The summed E-state index contributed by atoms with van der Waals surface area (Å²) in [4.78, 5) is 0. The van der Waals surface area contributed by atoms with Crippen molar-refractivity contribution >= 4 is 0 Å². The highest BCUT2D eigenvalue weighted by molar-refractivity contribution is 5.49. The van der Waals surface area contributed by atoms with Gasteiger partial charge in [0.15, 0.2) is 11.5 Å². The van der Waals surface area contributed by atoms with Gasteiger partial charge in [0, 0.05) is 0 Å². The van der Waals surface area contributed by atoms with E-state index in [9.17, 15) is 10.2 Å². The second-order valence-electron chi connectivity index (χ2n) is 8.92. The number of para-hydroxylation sites is 1. The van der Waals surface area contributed by atoms with Gasteiger partial charge in [-0.1, -0.05) is 97.0 Å². The Labute approximate surface area is 179 Å². The van der Waals surface area contributed by atoms with Gasteiger partial charge in [-0.05, 0) is 44.7 Å². The monoisotopic (exact) mass is 406 g/mol. The van der Waals surface area contributed by atoms with Gasteiger partial charge in [0.25, 0.3) is 0 Å². The highest BCUT2D eigenvalue weighted by Crippen LogP contribution is 2.39. The lowest BCUT2D eigenvalue weighted by Crippen LogP contribution is -2.32. The van der Waals surface area contributed by atoms with E-state index in [1.165, 1.54) is 83.1 Å². The summed E-state index contributed by atoms with van der Waals surface area (Å²) in [6.45, 7) is 6.68. The first kappa shape index (κ1) is 25.7. The normalized spacial score (nSPS) is 11.7. The number of phenolic OH excluding ortho intramolecular Hbond substituents is 2. The molecule has 3 heteroatoms. The average molecular weight is 407 g/mol. The van der Waals surface area contributed by atoms with Crippen molar-refractivity contribution in [2.45, 2.75) is 129 Å². The Morgan fingerprint density at radius 2 is 1.14 bits per heavy atom. The molecule has 0 aliphatic carbocycles. The smallest absolute Gasteiger partial charge is 0.200 e. The van der Waals surface area contributed by atoms with E-state index in [0.717, 1.165) is 25.7 Å². The largest absolute Gasteiger partial charge is 0.504 e. The van der Waals surface area contributed by atoms with Crippen LogP contribution in [0.25, 0.3) is 0 Å². The molecule has 0 heterocycles. The predicted molar refractivity (Wildman–Crippen MR) is 124 cm³/mol. The lowest BCUT2D eigenvalue weighted by Gasteiger charge is -2.31. The number of aromatic hydroxyl groups is 2. The Kier molecular flexibility index (Phi) is 13.7. The third kappa shape index (κ3) is 11.4. The van der Waals surface area contributed by atoms with Gasteiger partial charge in [0.05, 0.1) is 0 Å². The third-order valence-electron chi connectivity index (χ3n) is 5.95. The summed E-state index contributed by atoms with van der Waals surface area (Å²) < 4.78 is 6.29. The molecule has 0 saturated heterocycles. The van der Waals surface area contributed by atoms with Gasteiger partial charge in [0.1, 0.15) is 5.60 Å². The van der Waals surface area contributed by atoms with E-state index in [2.05, 4.69) is 20.8 Å². The molecule has 0 bridgehead atoms. The molecule has 0 amide bonds. The molecule has 0 aromatic heterocycles. The maximum Gasteiger partial charge on any atom is 0.200 e. The Morgan fingerprint density at radius 1 is 0.690 bits per heavy atom. The van der Waals surface area contributed by atoms with Crippen LogP contribution >= 0.6 is 0 Å². The molecule has 1 aromatic rings. The molecule has 29 heavy (non-hydrogen) atoms. The first-order valence-corrected chi connectivity index (χ1v) is 12.2. The molecule has 0 saturated carbocycles. The summed E-state index contributed by atoms with van der Waals surface area (Å²) >= 11 is 0. The van der Waals surface area contributed by atoms with Crippen molar-refractivity contribution in [1.29, 1.82) is 0 Å². The Morgan fingerprint density at radius 3 is 1.62 bits per heavy atom. The highest BCUT2D eigenvalue weighted by Gasteiger charge is 2.27. The fraction of sp³-hybridized carbons (Fsp3) is 0.769. The summed E-state index contributed by atoms with van der Waals surface area (Å²) in [6.07, 6.45) is 20.0. The fourth-order valence-corrected chi connectivity index (χ4v) is 4.00. The molecule has 2 N–H and O–H groups in total. The zero-order valence-electron chi connectivity index (χ0n) is 19.3. The van der Waals surface area contributed by atoms with Gasteiger partial charge in [0.2, 0.25) is 5.75 Å². The van der Waals surface area contributed by atoms with Crippen LogP contribution in [0.5, 0.6) is 17.2 Å². The lowest BCUT2D eigenvalue weighted by atomic mass is 9.91. The quantitative estimate of drug-likeness (QED) is 0.190. The number of ether oxygens (including phenoxy) is 1. The Balaban J connectivity index is 2.51. The van der Waals surface area contributed by atoms with E-state index < -0.39 is 0 Å². The number of rotatable bonds is 18. The predicted octanol–water partition coefficient (Wildman–Crippen LogP) is 8.52. The highest BCUT2D eigenvalue weighted by atomic mass is 16.5. The number of phenols is 2. The molecule has 1 aromatic carbocycles. The van der Waals surface area contributed by atoms with Gasteiger partial charge in [-0.2, -0.15) is 0 Å². The van der Waals surface area contributed by atoms with E-state index >= 15 is 0 Å². The maximum atomic E-state index is 10.2. The molecular formula is C26H46O3. The van der Waals surface area contributed by atoms with E-state index in [4.69, 9.17) is 4.74 Å². The number of unbranched alkanes of at least 4 members (excludes halogenated alkanes) is 12. The Hall–Kier alpha value is -1.38. The maximum absolute atomic E-state index is 10.2. The number of hydrogen-bond acceptors (Lipinski definition) is 3. The van der Waals surface area contributed by atoms with Crippen molar-refractivity contribution in [3.8, 4) is 17.2 Å². The van der Waals surface area contributed by atoms with E-state index in [1.807, 2.05) is 0 Å². The van der Waals surface area contributed by atoms with Gasteiger partial charge >= 0.3 is 0 Å². The summed E-state index contributed by atoms with van der Waals surface area (Å²) in [6, 6.07) is 4.97. The van der Waals surface area contributed by atoms with Crippen LogP contribution in [0.3, 0.4) is 0 Å². The summed E-state index contributed by atoms with van der Waals surface area (Å²) in [5.41, 5.74) is -0.294. The molecule has 0 spiro atoms. The molecule has 168 valence electrons. The fourth-order valence-electron chi connectivity index (χ4n) is 4.00. The van der Waals surface area contributed by atoms with Crippen molar-refractivity contribution in [3.63, 3.8) is 0 Å². The van der Waals surface area contributed by atoms with Gasteiger partial charge in [-0.15, -0.1) is 0 Å². The van der Waals surface area contributed by atoms with Crippen LogP contribution in [-0.2, 0) is 0 Å². The molecule has 0 aliphatic rings. The first-order chi connectivity index (χ1) is 14.0. The topological polar surface area (TPSA) is 49.7 Å². The van der Waals surface area contributed by atoms with Crippen LogP contribution in [0.2, 0.25) is 0 Å². The van der Waals surface area contributed by atoms with Crippen LogP contribution in [0, 0.1) is 0 Å². The van der Waals surface area contributed by atoms with Gasteiger partial charge < -0.3 is 14.9 Å². The van der Waals surface area contributed by atoms with Crippen molar-refractivity contribution in [2.75, 3.05) is 0 Å². The van der Waals surface area contributed by atoms with Gasteiger partial charge in [-0.25, -0.2) is 0 Å². The van der Waals surface area contributed by atoms with Gasteiger partial charge in [-0.3, -0.25) is 0 Å². The van der Waals surface area contributed by atoms with Crippen molar-refractivity contribution in [2.24, 2.45) is 0 Å². The summed E-state index contributed by atoms with van der Waals surface area (Å²) in [5, 5.41) is 20.0. The number of benzene rings is 1. The third-order valence-corrected chi connectivity index (χ3v) is 5.95. The van der Waals surface area contributed by atoms with Crippen LogP contribution < -0.4 is 4.74 Å². The molecule has 0 atom stereocenters. The zero-order chi connectivity index (χ0) is 21.4. The summed E-state index contributed by atoms with van der Waals surface area (Å²) in [7, 11) is 0. The molecule has 0 fully saturated rings. The second-order valence-corrected chi connectivity index (χ2v) is 8.92.